The molecule has 5 aromatic carbocycles. The molecule has 2 aliphatic carbocycles. The number of nitrogens with one attached hydrogen (secondary N) is 1. The predicted octanol–water partition coefficient (Wildman–Crippen LogP) is 13.1. The van der Waals surface area contributed by atoms with Crippen molar-refractivity contribution in [2.45, 2.75) is 148 Å². The summed E-state index contributed by atoms with van der Waals surface area (Å²) in [6.45, 7) is 6.08. The number of aliphatic hydroxyl groups excluding tert-OH is 3. The van der Waals surface area contributed by atoms with E-state index in [0.717, 1.165) is 90.1 Å². The SMILES string of the molecule is CCCCCC1C#COC(CC2C=C(O)C=CC2CCCCc2cccc(NC(Cc3ccccc3)C(C)O)c2)CC(=O)CCc2ccc(OC)c(c2)OCc2c(CO)cc3c1c(O)cc1c3c2C=CC1C. The third-order valence-corrected chi connectivity index (χ3v) is 15.0. The van der Waals surface area contributed by atoms with Crippen molar-refractivity contribution in [1.29, 1.82) is 0 Å². The molecular weight excluding hydrogens is 899 g/mol. The van der Waals surface area contributed by atoms with E-state index in [4.69, 9.17) is 14.2 Å². The molecule has 378 valence electrons. The summed E-state index contributed by atoms with van der Waals surface area (Å²) in [7, 11) is 1.61. The van der Waals surface area contributed by atoms with Crippen LogP contribution in [0.1, 0.15) is 141 Å². The molecule has 4 aliphatic rings. The number of Topliss-reactive ketones (excluding diaryl/α,β-unsaturated/α-hetero) is 1. The first kappa shape index (κ1) is 51.9. The smallest absolute Gasteiger partial charge is 0.161 e. The Morgan fingerprint density at radius 1 is 0.889 bits per heavy atom. The summed E-state index contributed by atoms with van der Waals surface area (Å²) in [5.41, 5.74) is 8.58. The number of anilines is 1. The van der Waals surface area contributed by atoms with Gasteiger partial charge in [0, 0.05) is 35.6 Å². The normalized spacial score (nSPS) is 20.6. The number of ketones is 1. The maximum absolute atomic E-state index is 14.0. The van der Waals surface area contributed by atoms with Crippen LogP contribution in [-0.2, 0) is 42.0 Å². The van der Waals surface area contributed by atoms with Crippen molar-refractivity contribution >= 4 is 28.3 Å². The number of unbranched alkanes of at least 4 members (excludes halogenated alkanes) is 3. The summed E-state index contributed by atoms with van der Waals surface area (Å²) in [6.07, 6.45) is 21.6. The minimum Gasteiger partial charge on any atom is -0.508 e. The van der Waals surface area contributed by atoms with Crippen LogP contribution in [0.4, 0.5) is 5.69 Å². The Kier molecular flexibility index (Phi) is 17.8. The number of carbonyl (C=O) groups excluding carboxylic acids is 1. The first-order valence-electron chi connectivity index (χ1n) is 26.3. The monoisotopic (exact) mass is 972 g/mol. The molecule has 9 heteroatoms. The van der Waals surface area contributed by atoms with Gasteiger partial charge in [-0.1, -0.05) is 112 Å². The van der Waals surface area contributed by atoms with Crippen LogP contribution in [0.25, 0.3) is 16.8 Å². The summed E-state index contributed by atoms with van der Waals surface area (Å²) in [4.78, 5) is 14.0. The van der Waals surface area contributed by atoms with Gasteiger partial charge in [0.2, 0.25) is 0 Å². The number of fused-ring (bicyclic) bond motifs is 9. The van der Waals surface area contributed by atoms with Crippen LogP contribution < -0.4 is 14.8 Å². The van der Waals surface area contributed by atoms with Gasteiger partial charge >= 0.3 is 0 Å². The van der Waals surface area contributed by atoms with Crippen LogP contribution in [-0.4, -0.2) is 51.6 Å². The van der Waals surface area contributed by atoms with Gasteiger partial charge in [0.05, 0.1) is 31.8 Å². The van der Waals surface area contributed by atoms with Gasteiger partial charge in [-0.25, -0.2) is 0 Å². The highest BCUT2D eigenvalue weighted by molar-refractivity contribution is 6.01. The third-order valence-electron chi connectivity index (χ3n) is 15.0. The van der Waals surface area contributed by atoms with Crippen molar-refractivity contribution in [2.75, 3.05) is 12.4 Å². The Morgan fingerprint density at radius 2 is 1.71 bits per heavy atom. The quantitative estimate of drug-likeness (QED) is 0.0429. The Morgan fingerprint density at radius 3 is 2.50 bits per heavy atom. The predicted molar refractivity (Wildman–Crippen MR) is 288 cm³/mol. The lowest BCUT2D eigenvalue weighted by Gasteiger charge is -2.28. The number of aryl methyl sites for hydroxylation is 2. The minimum atomic E-state index is -0.553. The zero-order chi connectivity index (χ0) is 50.6. The first-order valence-corrected chi connectivity index (χ1v) is 26.3. The maximum atomic E-state index is 14.0. The maximum Gasteiger partial charge on any atom is 0.161 e. The van der Waals surface area contributed by atoms with Crippen molar-refractivity contribution in [1.82, 2.24) is 0 Å². The van der Waals surface area contributed by atoms with Crippen LogP contribution in [0.2, 0.25) is 0 Å². The van der Waals surface area contributed by atoms with E-state index < -0.39 is 18.1 Å². The van der Waals surface area contributed by atoms with Crippen LogP contribution in [0.5, 0.6) is 17.2 Å². The summed E-state index contributed by atoms with van der Waals surface area (Å²) in [5.74, 6) is 4.69. The Labute approximate surface area is 426 Å². The molecule has 5 N–H and O–H groups in total. The molecule has 0 saturated heterocycles. The van der Waals surface area contributed by atoms with Gasteiger partial charge in [0.15, 0.2) is 11.5 Å². The Bertz CT molecular complexity index is 2820. The molecule has 7 atom stereocenters. The number of phenols is 1. The van der Waals surface area contributed by atoms with Gasteiger partial charge in [0.25, 0.3) is 0 Å². The van der Waals surface area contributed by atoms with E-state index in [2.05, 4.69) is 85.8 Å². The molecule has 6 bridgehead atoms. The number of benzene rings is 5. The fourth-order valence-corrected chi connectivity index (χ4v) is 10.9. The highest BCUT2D eigenvalue weighted by atomic mass is 16.5. The van der Waals surface area contributed by atoms with Gasteiger partial charge in [0.1, 0.15) is 36.1 Å². The van der Waals surface area contributed by atoms with Crippen LogP contribution >= 0.6 is 0 Å². The molecule has 0 saturated carbocycles. The summed E-state index contributed by atoms with van der Waals surface area (Å²) < 4.78 is 18.8. The van der Waals surface area contributed by atoms with Crippen molar-refractivity contribution in [3.63, 3.8) is 0 Å². The van der Waals surface area contributed by atoms with E-state index in [1.165, 1.54) is 11.1 Å². The van der Waals surface area contributed by atoms with Crippen molar-refractivity contribution in [3.05, 3.63) is 159 Å². The molecule has 0 spiro atoms. The second kappa shape index (κ2) is 24.8. The van der Waals surface area contributed by atoms with Gasteiger partial charge < -0.3 is 40.0 Å². The van der Waals surface area contributed by atoms with Gasteiger partial charge in [-0.05, 0) is 156 Å². The molecule has 2 heterocycles. The third kappa shape index (κ3) is 12.9. The average Bonchev–Trinajstić information content (AvgIpc) is 3.37. The zero-order valence-electron chi connectivity index (χ0n) is 42.5. The summed E-state index contributed by atoms with van der Waals surface area (Å²) in [6, 6.07) is 28.2. The average molecular weight is 972 g/mol. The number of hydrogen-bond donors (Lipinski definition) is 5. The largest absolute Gasteiger partial charge is 0.508 e. The molecule has 2 aliphatic heterocycles. The molecule has 9 rings (SSSR count). The number of allylic oxidation sites excluding steroid dienone is 4. The Hall–Kier alpha value is -6.47. The summed E-state index contributed by atoms with van der Waals surface area (Å²) >= 11 is 0. The molecule has 0 amide bonds. The molecule has 7 unspecified atom stereocenters. The van der Waals surface area contributed by atoms with Gasteiger partial charge in [-0.3, -0.25) is 4.79 Å². The van der Waals surface area contributed by atoms with Gasteiger partial charge in [-0.2, -0.15) is 0 Å². The second-order valence-electron chi connectivity index (χ2n) is 20.2. The molecule has 9 nitrogen and oxygen atoms in total. The molecule has 0 fully saturated rings. The van der Waals surface area contributed by atoms with Gasteiger partial charge in [-0.15, -0.1) is 0 Å². The van der Waals surface area contributed by atoms with E-state index in [1.807, 2.05) is 61.5 Å². The molecule has 5 aromatic rings. The molecule has 72 heavy (non-hydrogen) atoms. The number of phenolic OH excluding ortho intramolecular Hbond substituents is 1. The number of hydrogen-bond acceptors (Lipinski definition) is 9. The van der Waals surface area contributed by atoms with Crippen molar-refractivity contribution in [3.8, 4) is 29.3 Å². The highest BCUT2D eigenvalue weighted by Crippen LogP contribution is 2.46. The Balaban J connectivity index is 1.05. The zero-order valence-corrected chi connectivity index (χ0v) is 42.5. The van der Waals surface area contributed by atoms with E-state index in [1.54, 1.807) is 13.2 Å². The minimum absolute atomic E-state index is 0.0470. The summed E-state index contributed by atoms with van der Waals surface area (Å²) in [5, 5.41) is 49.9. The van der Waals surface area contributed by atoms with E-state index in [9.17, 15) is 25.2 Å². The highest BCUT2D eigenvalue weighted by Gasteiger charge is 2.29. The molecule has 0 aromatic heterocycles. The lowest BCUT2D eigenvalue weighted by molar-refractivity contribution is -0.121. The first-order chi connectivity index (χ1) is 35.0. The fraction of sp³-hybridized carbons (Fsp3) is 0.413. The van der Waals surface area contributed by atoms with Crippen LogP contribution in [0.3, 0.4) is 0 Å². The lowest BCUT2D eigenvalue weighted by atomic mass is 9.79. The number of aromatic hydroxyl groups is 1. The molecular formula is C63H73NO8. The molecule has 0 radical (unpaired) electrons. The number of methoxy groups -OCH3 is 1. The fourth-order valence-electron chi connectivity index (χ4n) is 10.9. The van der Waals surface area contributed by atoms with E-state index in [-0.39, 0.29) is 60.7 Å². The number of rotatable bonds is 18. The van der Waals surface area contributed by atoms with Crippen molar-refractivity contribution < 1.29 is 39.4 Å². The van der Waals surface area contributed by atoms with E-state index in [0.29, 0.717) is 48.3 Å². The van der Waals surface area contributed by atoms with Crippen LogP contribution in [0.15, 0.2) is 115 Å². The standard InChI is InChI=1S/C63H73NO8/c1-5-6-8-19-47-29-30-71-53(35-48-34-51(67)26-24-46(48)18-12-11-16-43-17-13-20-50(31-43)64-58(42(3)66)32-44-14-9-7-10-15-44)37-52(68)25-22-45-23-28-60(70-4)61(33-45)72-40-57-49(39-65)36-56-62(47)59(69)38-55-41(2)21-27-54(57)63(55)56/h7,9-10,13-15,17,20-21,23-24,26-28,31,33-34,36,38,41-42,46-48,53,58,64-67,69H,5-6,8,11-12,16,18-19,22,25,32,35,37,39-40H2,1-4H3. The number of carbonyl (C=O) groups is 1. The number of aliphatic hydroxyl groups is 3. The lowest BCUT2D eigenvalue weighted by Crippen LogP contribution is -2.33. The second-order valence-corrected chi connectivity index (χ2v) is 20.2. The number of ether oxygens (including phenoxy) is 3. The van der Waals surface area contributed by atoms with E-state index >= 15 is 0 Å². The topological polar surface area (TPSA) is 138 Å². The van der Waals surface area contributed by atoms with Crippen molar-refractivity contribution in [2.24, 2.45) is 11.8 Å². The van der Waals surface area contributed by atoms with Crippen LogP contribution in [0, 0.1) is 23.9 Å².